The summed E-state index contributed by atoms with van der Waals surface area (Å²) in [5.41, 5.74) is 2.54. The van der Waals surface area contributed by atoms with E-state index in [9.17, 15) is 4.79 Å². The Morgan fingerprint density at radius 3 is 2.40 bits per heavy atom. The van der Waals surface area contributed by atoms with Crippen molar-refractivity contribution in [2.45, 2.75) is 19.9 Å². The van der Waals surface area contributed by atoms with Gasteiger partial charge in [0, 0.05) is 19.2 Å². The maximum Gasteiger partial charge on any atom is 0.246 e. The summed E-state index contributed by atoms with van der Waals surface area (Å²) in [7, 11) is 0. The van der Waals surface area contributed by atoms with Crippen LogP contribution >= 0.6 is 0 Å². The van der Waals surface area contributed by atoms with Crippen LogP contribution in [0.25, 0.3) is 0 Å². The summed E-state index contributed by atoms with van der Waals surface area (Å²) in [5, 5.41) is 0. The first-order chi connectivity index (χ1) is 7.29. The Hall–Kier alpha value is -1.57. The van der Waals surface area contributed by atoms with Crippen molar-refractivity contribution in [1.29, 1.82) is 0 Å². The van der Waals surface area contributed by atoms with Crippen LogP contribution in [0.5, 0.6) is 0 Å². The van der Waals surface area contributed by atoms with Gasteiger partial charge in [0.2, 0.25) is 5.91 Å². The molecule has 0 radical (unpaired) electrons. The number of carbonyl (C=O) groups is 1. The Morgan fingerprint density at radius 1 is 1.20 bits per heavy atom. The van der Waals surface area contributed by atoms with Crippen molar-refractivity contribution in [3.63, 3.8) is 0 Å². The lowest BCUT2D eigenvalue weighted by molar-refractivity contribution is -0.125. The minimum Gasteiger partial charge on any atom is -0.331 e. The summed E-state index contributed by atoms with van der Waals surface area (Å²) in [6, 6.07) is 8.46. The van der Waals surface area contributed by atoms with Crippen molar-refractivity contribution in [2.75, 3.05) is 6.54 Å². The minimum atomic E-state index is 0.120. The second-order valence-corrected chi connectivity index (χ2v) is 3.79. The number of carbonyl (C=O) groups excluding carboxylic acids is 1. The van der Waals surface area contributed by atoms with E-state index in [0.717, 1.165) is 19.5 Å². The molecule has 0 fully saturated rings. The third kappa shape index (κ3) is 2.27. The number of hydrogen-bond donors (Lipinski definition) is 0. The molecule has 1 aliphatic heterocycles. The van der Waals surface area contributed by atoms with Crippen LogP contribution in [-0.4, -0.2) is 17.4 Å². The average molecular weight is 201 g/mol. The van der Waals surface area contributed by atoms with Gasteiger partial charge in [0.25, 0.3) is 0 Å². The second-order valence-electron chi connectivity index (χ2n) is 3.79. The molecule has 2 nitrogen and oxygen atoms in total. The lowest BCUT2D eigenvalue weighted by Gasteiger charge is -2.15. The van der Waals surface area contributed by atoms with Gasteiger partial charge in [-0.3, -0.25) is 4.79 Å². The van der Waals surface area contributed by atoms with Crippen LogP contribution in [0.2, 0.25) is 0 Å². The van der Waals surface area contributed by atoms with Crippen molar-refractivity contribution in [2.24, 2.45) is 0 Å². The van der Waals surface area contributed by atoms with E-state index in [1.54, 1.807) is 6.08 Å². The third-order valence-electron chi connectivity index (χ3n) is 2.70. The van der Waals surface area contributed by atoms with Crippen LogP contribution in [0.3, 0.4) is 0 Å². The van der Waals surface area contributed by atoms with Gasteiger partial charge in [-0.1, -0.05) is 37.3 Å². The van der Waals surface area contributed by atoms with E-state index in [4.69, 9.17) is 0 Å². The zero-order valence-corrected chi connectivity index (χ0v) is 8.94. The Kier molecular flexibility index (Phi) is 2.86. The second kappa shape index (κ2) is 4.30. The van der Waals surface area contributed by atoms with Gasteiger partial charge < -0.3 is 4.90 Å². The number of rotatable bonds is 3. The summed E-state index contributed by atoms with van der Waals surface area (Å²) in [5.74, 6) is 0.120. The highest BCUT2D eigenvalue weighted by Gasteiger charge is 2.14. The predicted octanol–water partition coefficient (Wildman–Crippen LogP) is 2.15. The van der Waals surface area contributed by atoms with Crippen LogP contribution in [0.15, 0.2) is 36.4 Å². The van der Waals surface area contributed by atoms with E-state index >= 15 is 0 Å². The molecule has 2 heteroatoms. The molecule has 0 aliphatic carbocycles. The number of nitrogens with zero attached hydrogens (tertiary/aromatic N) is 1. The van der Waals surface area contributed by atoms with Crippen LogP contribution in [0, 0.1) is 0 Å². The SMILES string of the molecule is CCc1ccc(CN2CC=CC2=O)cc1. The number of hydrogen-bond acceptors (Lipinski definition) is 1. The number of aryl methyl sites for hydroxylation is 1. The Balaban J connectivity index is 2.02. The fourth-order valence-electron chi connectivity index (χ4n) is 1.72. The molecule has 1 amide bonds. The van der Waals surface area contributed by atoms with Crippen LogP contribution in [0.1, 0.15) is 18.1 Å². The van der Waals surface area contributed by atoms with Crippen LogP contribution in [0.4, 0.5) is 0 Å². The van der Waals surface area contributed by atoms with Gasteiger partial charge in [0.1, 0.15) is 0 Å². The van der Waals surface area contributed by atoms with E-state index in [1.807, 2.05) is 11.0 Å². The number of benzene rings is 1. The van der Waals surface area contributed by atoms with Crippen molar-refractivity contribution in [3.8, 4) is 0 Å². The zero-order chi connectivity index (χ0) is 10.7. The van der Waals surface area contributed by atoms with Gasteiger partial charge >= 0.3 is 0 Å². The fraction of sp³-hybridized carbons (Fsp3) is 0.308. The highest BCUT2D eigenvalue weighted by Crippen LogP contribution is 2.10. The normalized spacial score (nSPS) is 15.0. The largest absolute Gasteiger partial charge is 0.331 e. The molecule has 1 heterocycles. The highest BCUT2D eigenvalue weighted by molar-refractivity contribution is 5.89. The summed E-state index contributed by atoms with van der Waals surface area (Å²) >= 11 is 0. The molecule has 2 rings (SSSR count). The van der Waals surface area contributed by atoms with Crippen LogP contribution in [-0.2, 0) is 17.8 Å². The van der Waals surface area contributed by atoms with Gasteiger partial charge in [0.15, 0.2) is 0 Å². The molecule has 1 aliphatic rings. The minimum absolute atomic E-state index is 0.120. The zero-order valence-electron chi connectivity index (χ0n) is 8.94. The van der Waals surface area contributed by atoms with E-state index in [0.29, 0.717) is 0 Å². The van der Waals surface area contributed by atoms with E-state index in [-0.39, 0.29) is 5.91 Å². The number of amides is 1. The van der Waals surface area contributed by atoms with Crippen molar-refractivity contribution in [1.82, 2.24) is 4.90 Å². The van der Waals surface area contributed by atoms with Gasteiger partial charge in [-0.2, -0.15) is 0 Å². The van der Waals surface area contributed by atoms with Crippen molar-refractivity contribution >= 4 is 5.91 Å². The molecule has 78 valence electrons. The smallest absolute Gasteiger partial charge is 0.246 e. The average Bonchev–Trinajstić information content (AvgIpc) is 2.66. The quantitative estimate of drug-likeness (QED) is 0.733. The predicted molar refractivity (Wildman–Crippen MR) is 60.4 cm³/mol. The monoisotopic (exact) mass is 201 g/mol. The molecule has 0 unspecified atom stereocenters. The lowest BCUT2D eigenvalue weighted by atomic mass is 10.1. The first kappa shape index (κ1) is 9.97. The first-order valence-corrected chi connectivity index (χ1v) is 5.33. The molecule has 0 saturated heterocycles. The standard InChI is InChI=1S/C13H15NO/c1-2-11-5-7-12(8-6-11)10-14-9-3-4-13(14)15/h3-8H,2,9-10H2,1H3. The molecule has 0 bridgehead atoms. The van der Waals surface area contributed by atoms with Gasteiger partial charge in [-0.05, 0) is 17.5 Å². The topological polar surface area (TPSA) is 20.3 Å². The molecule has 1 aromatic carbocycles. The first-order valence-electron chi connectivity index (χ1n) is 5.33. The molecule has 15 heavy (non-hydrogen) atoms. The molecule has 0 saturated carbocycles. The molecule has 0 spiro atoms. The highest BCUT2D eigenvalue weighted by atomic mass is 16.2. The van der Waals surface area contributed by atoms with Crippen LogP contribution < -0.4 is 0 Å². The van der Waals surface area contributed by atoms with Gasteiger partial charge in [-0.15, -0.1) is 0 Å². The Labute approximate surface area is 90.2 Å². The molecule has 0 atom stereocenters. The van der Waals surface area contributed by atoms with Gasteiger partial charge in [0.05, 0.1) is 0 Å². The maximum atomic E-state index is 11.3. The molecular weight excluding hydrogens is 186 g/mol. The molecule has 0 N–H and O–H groups in total. The lowest BCUT2D eigenvalue weighted by Crippen LogP contribution is -2.24. The molecule has 0 aromatic heterocycles. The van der Waals surface area contributed by atoms with Crippen molar-refractivity contribution in [3.05, 3.63) is 47.5 Å². The maximum absolute atomic E-state index is 11.3. The fourth-order valence-corrected chi connectivity index (χ4v) is 1.72. The van der Waals surface area contributed by atoms with E-state index in [2.05, 4.69) is 31.2 Å². The van der Waals surface area contributed by atoms with E-state index < -0.39 is 0 Å². The Morgan fingerprint density at radius 2 is 1.87 bits per heavy atom. The van der Waals surface area contributed by atoms with Gasteiger partial charge in [-0.25, -0.2) is 0 Å². The molecular formula is C13H15NO. The summed E-state index contributed by atoms with van der Waals surface area (Å²) < 4.78 is 0. The van der Waals surface area contributed by atoms with Crippen molar-refractivity contribution < 1.29 is 4.79 Å². The summed E-state index contributed by atoms with van der Waals surface area (Å²) in [6.07, 6.45) is 4.60. The Bertz CT molecular complexity index is 378. The summed E-state index contributed by atoms with van der Waals surface area (Å²) in [6.45, 7) is 3.60. The molecule has 1 aromatic rings. The van der Waals surface area contributed by atoms with E-state index in [1.165, 1.54) is 11.1 Å². The third-order valence-corrected chi connectivity index (χ3v) is 2.70. The summed E-state index contributed by atoms with van der Waals surface area (Å²) in [4.78, 5) is 13.2.